The molecule has 7 heteroatoms. The number of ether oxygens (including phenoxy) is 2. The average Bonchev–Trinajstić information content (AvgIpc) is 2.62. The number of hydrogen-bond donors (Lipinski definition) is 1. The number of pyridine rings is 2. The van der Waals surface area contributed by atoms with Gasteiger partial charge < -0.3 is 14.8 Å². The monoisotopic (exact) mass is 344 g/mol. The second-order valence-corrected chi connectivity index (χ2v) is 5.83. The Kier molecular flexibility index (Phi) is 5.47. The van der Waals surface area contributed by atoms with Crippen molar-refractivity contribution in [3.8, 4) is 11.9 Å². The van der Waals surface area contributed by atoms with Crippen molar-refractivity contribution in [3.05, 3.63) is 46.7 Å². The molecule has 0 radical (unpaired) electrons. The lowest BCUT2D eigenvalue weighted by atomic mass is 10.1. The second kappa shape index (κ2) is 7.95. The standard InChI is InChI=1S/C17H17ClN4O2/c18-14-1-2-16(22-15(14)10-19)21-11-12-3-6-20-17(9-12)24-13-4-7-23-8-5-13/h1-3,6,9,13H,4-5,7-8,11H2,(H,21,22). The molecule has 0 amide bonds. The van der Waals surface area contributed by atoms with E-state index in [1.54, 1.807) is 18.3 Å². The predicted octanol–water partition coefficient (Wildman–Crippen LogP) is 3.17. The molecule has 0 bridgehead atoms. The van der Waals surface area contributed by atoms with Crippen molar-refractivity contribution in [1.82, 2.24) is 9.97 Å². The van der Waals surface area contributed by atoms with Gasteiger partial charge in [0.1, 0.15) is 18.0 Å². The molecule has 124 valence electrons. The minimum atomic E-state index is 0.158. The van der Waals surface area contributed by atoms with Gasteiger partial charge in [-0.05, 0) is 23.8 Å². The van der Waals surface area contributed by atoms with Crippen LogP contribution in [0.15, 0.2) is 30.5 Å². The Morgan fingerprint density at radius 2 is 2.17 bits per heavy atom. The molecule has 2 aromatic heterocycles. The highest BCUT2D eigenvalue weighted by Gasteiger charge is 2.15. The van der Waals surface area contributed by atoms with Crippen LogP contribution >= 0.6 is 11.6 Å². The van der Waals surface area contributed by atoms with E-state index >= 15 is 0 Å². The van der Waals surface area contributed by atoms with Crippen LogP contribution in [0, 0.1) is 11.3 Å². The molecule has 0 unspecified atom stereocenters. The molecule has 2 aromatic rings. The summed E-state index contributed by atoms with van der Waals surface area (Å²) in [6.45, 7) is 2.01. The van der Waals surface area contributed by atoms with E-state index in [1.165, 1.54) is 0 Å². The number of nitriles is 1. The van der Waals surface area contributed by atoms with Gasteiger partial charge in [0.15, 0.2) is 5.69 Å². The number of nitrogens with zero attached hydrogens (tertiary/aromatic N) is 3. The second-order valence-electron chi connectivity index (χ2n) is 5.42. The highest BCUT2D eigenvalue weighted by Crippen LogP contribution is 2.19. The molecule has 1 saturated heterocycles. The third-order valence-corrected chi connectivity index (χ3v) is 3.99. The third-order valence-electron chi connectivity index (χ3n) is 3.68. The maximum Gasteiger partial charge on any atom is 0.213 e. The molecule has 3 heterocycles. The molecule has 1 N–H and O–H groups in total. The molecule has 0 aromatic carbocycles. The van der Waals surface area contributed by atoms with E-state index in [2.05, 4.69) is 15.3 Å². The summed E-state index contributed by atoms with van der Waals surface area (Å²) in [4.78, 5) is 8.42. The van der Waals surface area contributed by atoms with Gasteiger partial charge in [0.25, 0.3) is 0 Å². The first kappa shape index (κ1) is 16.5. The van der Waals surface area contributed by atoms with Crippen molar-refractivity contribution in [2.24, 2.45) is 0 Å². The quantitative estimate of drug-likeness (QED) is 0.897. The fraction of sp³-hybridized carbons (Fsp3) is 0.353. The van der Waals surface area contributed by atoms with E-state index in [0.29, 0.717) is 23.3 Å². The molecule has 1 fully saturated rings. The maximum atomic E-state index is 8.96. The third kappa shape index (κ3) is 4.34. The number of halogens is 1. The number of nitrogens with one attached hydrogen (secondary N) is 1. The van der Waals surface area contributed by atoms with Gasteiger partial charge in [-0.1, -0.05) is 11.6 Å². The lowest BCUT2D eigenvalue weighted by molar-refractivity contribution is 0.0237. The van der Waals surface area contributed by atoms with E-state index in [4.69, 9.17) is 26.3 Å². The van der Waals surface area contributed by atoms with Crippen LogP contribution < -0.4 is 10.1 Å². The Morgan fingerprint density at radius 1 is 1.33 bits per heavy atom. The van der Waals surface area contributed by atoms with E-state index in [9.17, 15) is 0 Å². The Labute approximate surface area is 145 Å². The minimum Gasteiger partial charge on any atom is -0.474 e. The molecular weight excluding hydrogens is 328 g/mol. The molecule has 0 atom stereocenters. The first-order valence-electron chi connectivity index (χ1n) is 7.74. The zero-order chi connectivity index (χ0) is 16.8. The smallest absolute Gasteiger partial charge is 0.213 e. The fourth-order valence-corrected chi connectivity index (χ4v) is 2.55. The molecule has 0 saturated carbocycles. The molecule has 1 aliphatic heterocycles. The summed E-state index contributed by atoms with van der Waals surface area (Å²) in [5.74, 6) is 1.21. The van der Waals surface area contributed by atoms with Crippen molar-refractivity contribution in [2.45, 2.75) is 25.5 Å². The molecule has 0 aliphatic carbocycles. The molecule has 6 nitrogen and oxygen atoms in total. The van der Waals surface area contributed by atoms with Gasteiger partial charge >= 0.3 is 0 Å². The van der Waals surface area contributed by atoms with Crippen molar-refractivity contribution in [1.29, 1.82) is 5.26 Å². The van der Waals surface area contributed by atoms with E-state index in [1.807, 2.05) is 18.2 Å². The molecule has 24 heavy (non-hydrogen) atoms. The van der Waals surface area contributed by atoms with E-state index < -0.39 is 0 Å². The average molecular weight is 345 g/mol. The van der Waals surface area contributed by atoms with Gasteiger partial charge in [-0.2, -0.15) is 5.26 Å². The Balaban J connectivity index is 1.61. The zero-order valence-electron chi connectivity index (χ0n) is 13.0. The summed E-state index contributed by atoms with van der Waals surface area (Å²) >= 11 is 5.88. The van der Waals surface area contributed by atoms with Crippen molar-refractivity contribution < 1.29 is 9.47 Å². The zero-order valence-corrected chi connectivity index (χ0v) is 13.8. The summed E-state index contributed by atoms with van der Waals surface area (Å²) in [6, 6.07) is 9.17. The summed E-state index contributed by atoms with van der Waals surface area (Å²) in [6.07, 6.45) is 3.65. The summed E-state index contributed by atoms with van der Waals surface area (Å²) in [5, 5.41) is 12.5. The van der Waals surface area contributed by atoms with Crippen molar-refractivity contribution >= 4 is 17.4 Å². The van der Waals surface area contributed by atoms with Crippen LogP contribution in [0.4, 0.5) is 5.82 Å². The number of rotatable bonds is 5. The molecule has 1 aliphatic rings. The van der Waals surface area contributed by atoms with Gasteiger partial charge in [0.2, 0.25) is 5.88 Å². The van der Waals surface area contributed by atoms with Crippen LogP contribution in [0.2, 0.25) is 5.02 Å². The van der Waals surface area contributed by atoms with Crippen LogP contribution in [-0.2, 0) is 11.3 Å². The topological polar surface area (TPSA) is 80.1 Å². The highest BCUT2D eigenvalue weighted by atomic mass is 35.5. The number of hydrogen-bond acceptors (Lipinski definition) is 6. The largest absolute Gasteiger partial charge is 0.474 e. The van der Waals surface area contributed by atoms with Crippen LogP contribution in [0.5, 0.6) is 5.88 Å². The number of aromatic nitrogens is 2. The Hall–Kier alpha value is -2.36. The van der Waals surface area contributed by atoms with Gasteiger partial charge in [0, 0.05) is 31.6 Å². The van der Waals surface area contributed by atoms with Gasteiger partial charge in [-0.25, -0.2) is 9.97 Å². The maximum absolute atomic E-state index is 8.96. The highest BCUT2D eigenvalue weighted by molar-refractivity contribution is 6.31. The molecule has 3 rings (SSSR count). The van der Waals surface area contributed by atoms with E-state index in [0.717, 1.165) is 31.6 Å². The summed E-state index contributed by atoms with van der Waals surface area (Å²) in [7, 11) is 0. The first-order chi connectivity index (χ1) is 11.7. The number of anilines is 1. The lowest BCUT2D eigenvalue weighted by Crippen LogP contribution is -2.26. The molecule has 0 spiro atoms. The first-order valence-corrected chi connectivity index (χ1v) is 8.12. The van der Waals surface area contributed by atoms with Crippen molar-refractivity contribution in [3.63, 3.8) is 0 Å². The minimum absolute atomic E-state index is 0.158. The van der Waals surface area contributed by atoms with Crippen LogP contribution in [0.1, 0.15) is 24.1 Å². The van der Waals surface area contributed by atoms with Crippen molar-refractivity contribution in [2.75, 3.05) is 18.5 Å². The summed E-state index contributed by atoms with van der Waals surface area (Å²) in [5.41, 5.74) is 1.22. The van der Waals surface area contributed by atoms with Gasteiger partial charge in [-0.3, -0.25) is 0 Å². The fourth-order valence-electron chi connectivity index (χ4n) is 2.40. The van der Waals surface area contributed by atoms with Crippen LogP contribution in [-0.4, -0.2) is 29.3 Å². The molecular formula is C17H17ClN4O2. The Morgan fingerprint density at radius 3 is 2.96 bits per heavy atom. The van der Waals surface area contributed by atoms with E-state index in [-0.39, 0.29) is 11.8 Å². The Bertz CT molecular complexity index is 742. The SMILES string of the molecule is N#Cc1nc(NCc2ccnc(OC3CCOCC3)c2)ccc1Cl. The van der Waals surface area contributed by atoms with Crippen LogP contribution in [0.25, 0.3) is 0 Å². The van der Waals surface area contributed by atoms with Gasteiger partial charge in [0.05, 0.1) is 18.2 Å². The lowest BCUT2D eigenvalue weighted by Gasteiger charge is -2.22. The van der Waals surface area contributed by atoms with Gasteiger partial charge in [-0.15, -0.1) is 0 Å². The van der Waals surface area contributed by atoms with Crippen LogP contribution in [0.3, 0.4) is 0 Å². The summed E-state index contributed by atoms with van der Waals surface area (Å²) < 4.78 is 11.2. The predicted molar refractivity (Wildman–Crippen MR) is 90.0 cm³/mol. The normalized spacial score (nSPS) is 14.8.